The van der Waals surface area contributed by atoms with Crippen LogP contribution in [0.5, 0.6) is 5.75 Å². The van der Waals surface area contributed by atoms with Crippen LogP contribution in [-0.4, -0.2) is 22.1 Å². The Balaban J connectivity index is 2.21. The van der Waals surface area contributed by atoms with Gasteiger partial charge in [-0.05, 0) is 42.3 Å². The van der Waals surface area contributed by atoms with E-state index in [1.165, 1.54) is 18.2 Å². The van der Waals surface area contributed by atoms with Crippen molar-refractivity contribution in [2.75, 3.05) is 0 Å². The molecule has 5 N–H and O–H groups in total. The fourth-order valence-corrected chi connectivity index (χ4v) is 2.01. The molecule has 8 heteroatoms. The van der Waals surface area contributed by atoms with Crippen LogP contribution in [0.3, 0.4) is 0 Å². The number of benzene rings is 2. The molecule has 0 aliphatic rings. The van der Waals surface area contributed by atoms with Crippen LogP contribution in [0.1, 0.15) is 22.3 Å². The molecule has 0 aliphatic heterocycles. The van der Waals surface area contributed by atoms with Crippen LogP contribution in [0.25, 0.3) is 0 Å². The lowest BCUT2D eigenvalue weighted by atomic mass is 10.1. The predicted molar refractivity (Wildman–Crippen MR) is 86.3 cm³/mol. The third-order valence-electron chi connectivity index (χ3n) is 3.25. The van der Waals surface area contributed by atoms with Crippen LogP contribution in [0.4, 0.5) is 11.4 Å². The molecule has 0 fully saturated rings. The van der Waals surface area contributed by atoms with Crippen molar-refractivity contribution in [3.8, 4) is 5.75 Å². The van der Waals surface area contributed by atoms with Crippen molar-refractivity contribution >= 4 is 23.3 Å². The maximum Gasteiger partial charge on any atom is 0.337 e. The Morgan fingerprint density at radius 2 is 1.88 bits per heavy atom. The molecule has 8 nitrogen and oxygen atoms in total. The summed E-state index contributed by atoms with van der Waals surface area (Å²) in [7, 11) is 0. The summed E-state index contributed by atoms with van der Waals surface area (Å²) in [6.07, 6.45) is 0.399. The number of aryl methyl sites for hydroxylation is 1. The Bertz CT molecular complexity index is 789. The van der Waals surface area contributed by atoms with E-state index in [4.69, 9.17) is 10.9 Å². The van der Waals surface area contributed by atoms with Gasteiger partial charge in [0.1, 0.15) is 11.4 Å². The van der Waals surface area contributed by atoms with Crippen molar-refractivity contribution in [2.45, 2.75) is 12.8 Å². The zero-order chi connectivity index (χ0) is 17.5. The van der Waals surface area contributed by atoms with Crippen molar-refractivity contribution in [1.29, 1.82) is 0 Å². The molecular weight excluding hydrogens is 312 g/mol. The van der Waals surface area contributed by atoms with Crippen molar-refractivity contribution in [3.63, 3.8) is 0 Å². The van der Waals surface area contributed by atoms with E-state index < -0.39 is 5.97 Å². The molecule has 2 aromatic rings. The number of aromatic hydroxyl groups is 1. The second-order valence-electron chi connectivity index (χ2n) is 4.90. The number of hydrogen-bond acceptors (Lipinski definition) is 6. The average Bonchev–Trinajstić information content (AvgIpc) is 2.59. The number of carboxylic acid groups (broad SMARTS) is 1. The van der Waals surface area contributed by atoms with Gasteiger partial charge in [-0.25, -0.2) is 10.6 Å². The fourth-order valence-electron chi connectivity index (χ4n) is 2.01. The lowest BCUT2D eigenvalue weighted by Crippen LogP contribution is -2.30. The molecule has 1 amide bonds. The normalized spacial score (nSPS) is 10.7. The minimum absolute atomic E-state index is 0.0321. The molecule has 2 rings (SSSR count). The van der Waals surface area contributed by atoms with Gasteiger partial charge in [-0.15, -0.1) is 5.11 Å². The summed E-state index contributed by atoms with van der Waals surface area (Å²) in [4.78, 5) is 22.3. The van der Waals surface area contributed by atoms with Gasteiger partial charge >= 0.3 is 5.97 Å². The molecule has 0 unspecified atom stereocenters. The van der Waals surface area contributed by atoms with Crippen LogP contribution in [-0.2, 0) is 11.2 Å². The molecule has 2 aromatic carbocycles. The minimum atomic E-state index is -1.09. The van der Waals surface area contributed by atoms with E-state index in [1.807, 2.05) is 5.43 Å². The Hall–Kier alpha value is -3.26. The number of carbonyl (C=O) groups is 2. The molecule has 0 aromatic heterocycles. The molecule has 0 heterocycles. The zero-order valence-corrected chi connectivity index (χ0v) is 12.6. The van der Waals surface area contributed by atoms with Gasteiger partial charge < -0.3 is 10.2 Å². The van der Waals surface area contributed by atoms with Crippen LogP contribution >= 0.6 is 0 Å². The van der Waals surface area contributed by atoms with Crippen LogP contribution in [0.15, 0.2) is 52.7 Å². The van der Waals surface area contributed by atoms with Crippen LogP contribution in [0.2, 0.25) is 0 Å². The summed E-state index contributed by atoms with van der Waals surface area (Å²) in [5, 5.41) is 26.9. The number of carboxylic acids is 1. The van der Waals surface area contributed by atoms with Gasteiger partial charge in [0, 0.05) is 6.42 Å². The number of nitrogens with one attached hydrogen (secondary N) is 1. The number of rotatable bonds is 6. The topological polar surface area (TPSA) is 137 Å². The quantitative estimate of drug-likeness (QED) is 0.279. The largest absolute Gasteiger partial charge is 0.508 e. The highest BCUT2D eigenvalue weighted by atomic mass is 16.4. The van der Waals surface area contributed by atoms with Crippen LogP contribution < -0.4 is 11.3 Å². The second kappa shape index (κ2) is 7.84. The van der Waals surface area contributed by atoms with Gasteiger partial charge in [0.25, 0.3) is 0 Å². The van der Waals surface area contributed by atoms with Crippen molar-refractivity contribution in [1.82, 2.24) is 5.43 Å². The highest BCUT2D eigenvalue weighted by Crippen LogP contribution is 2.27. The number of hydrazine groups is 1. The van der Waals surface area contributed by atoms with Gasteiger partial charge in [0.2, 0.25) is 5.91 Å². The van der Waals surface area contributed by atoms with Gasteiger partial charge in [0.15, 0.2) is 0 Å². The third kappa shape index (κ3) is 4.37. The van der Waals surface area contributed by atoms with E-state index in [0.717, 1.165) is 0 Å². The Morgan fingerprint density at radius 1 is 1.12 bits per heavy atom. The maximum absolute atomic E-state index is 11.2. The molecule has 0 aliphatic carbocycles. The highest BCUT2D eigenvalue weighted by Gasteiger charge is 2.09. The number of nitrogens with zero attached hydrogens (tertiary/aromatic N) is 2. The summed E-state index contributed by atoms with van der Waals surface area (Å²) in [5.41, 5.74) is 3.22. The van der Waals surface area contributed by atoms with Crippen molar-refractivity contribution in [3.05, 3.63) is 53.6 Å². The number of phenols is 1. The van der Waals surface area contributed by atoms with E-state index in [-0.39, 0.29) is 35.7 Å². The Labute approximate surface area is 137 Å². The van der Waals surface area contributed by atoms with E-state index in [0.29, 0.717) is 11.3 Å². The van der Waals surface area contributed by atoms with E-state index in [1.54, 1.807) is 24.3 Å². The first-order chi connectivity index (χ1) is 11.5. The number of phenolic OH excluding ortho intramolecular Hbond substituents is 1. The van der Waals surface area contributed by atoms with E-state index in [2.05, 4.69) is 10.2 Å². The Kier molecular flexibility index (Phi) is 5.58. The first kappa shape index (κ1) is 17.1. The fraction of sp³-hybridized carbons (Fsp3) is 0.125. The smallest absolute Gasteiger partial charge is 0.337 e. The average molecular weight is 328 g/mol. The number of azo groups is 1. The zero-order valence-electron chi connectivity index (χ0n) is 12.6. The standard InChI is InChI=1S/C16H16N4O4/c17-18-15(22)8-5-10-9-11(6-7-14(10)21)19-20-13-4-2-1-3-12(13)16(23)24/h1-4,6-7,9,21H,5,8,17H2,(H,18,22)(H,23,24). The SMILES string of the molecule is NNC(=O)CCc1cc(N=Nc2ccccc2C(=O)O)ccc1O. The number of amides is 1. The molecule has 124 valence electrons. The summed E-state index contributed by atoms with van der Waals surface area (Å²) in [6.45, 7) is 0. The third-order valence-corrected chi connectivity index (χ3v) is 3.25. The molecule has 0 radical (unpaired) electrons. The van der Waals surface area contributed by atoms with E-state index >= 15 is 0 Å². The lowest BCUT2D eigenvalue weighted by molar-refractivity contribution is -0.121. The van der Waals surface area contributed by atoms with E-state index in [9.17, 15) is 14.7 Å². The number of carbonyl (C=O) groups excluding carboxylic acids is 1. The van der Waals surface area contributed by atoms with Crippen molar-refractivity contribution in [2.24, 2.45) is 16.1 Å². The molecule has 0 saturated carbocycles. The second-order valence-corrected chi connectivity index (χ2v) is 4.90. The number of nitrogens with two attached hydrogens (primary N) is 1. The van der Waals surface area contributed by atoms with Gasteiger partial charge in [-0.3, -0.25) is 10.2 Å². The summed E-state index contributed by atoms with van der Waals surface area (Å²) >= 11 is 0. The minimum Gasteiger partial charge on any atom is -0.508 e. The Morgan fingerprint density at radius 3 is 2.58 bits per heavy atom. The summed E-state index contributed by atoms with van der Waals surface area (Å²) < 4.78 is 0. The molecule has 0 saturated heterocycles. The predicted octanol–water partition coefficient (Wildman–Crippen LogP) is 2.43. The first-order valence-corrected chi connectivity index (χ1v) is 7.06. The molecular formula is C16H16N4O4. The number of hydrogen-bond donors (Lipinski definition) is 4. The highest BCUT2D eigenvalue weighted by molar-refractivity contribution is 5.93. The molecule has 24 heavy (non-hydrogen) atoms. The first-order valence-electron chi connectivity index (χ1n) is 7.06. The summed E-state index contributed by atoms with van der Waals surface area (Å²) in [5.74, 6) is 3.60. The van der Waals surface area contributed by atoms with Crippen LogP contribution in [0, 0.1) is 0 Å². The molecule has 0 spiro atoms. The van der Waals surface area contributed by atoms with Gasteiger partial charge in [-0.2, -0.15) is 5.11 Å². The maximum atomic E-state index is 11.2. The van der Waals surface area contributed by atoms with Gasteiger partial charge in [-0.1, -0.05) is 12.1 Å². The van der Waals surface area contributed by atoms with Crippen molar-refractivity contribution < 1.29 is 19.8 Å². The molecule has 0 bridgehead atoms. The number of aromatic carboxylic acids is 1. The lowest BCUT2D eigenvalue weighted by Gasteiger charge is -2.05. The monoisotopic (exact) mass is 328 g/mol. The molecule has 0 atom stereocenters. The summed E-state index contributed by atoms with van der Waals surface area (Å²) in [6, 6.07) is 10.8. The van der Waals surface area contributed by atoms with Gasteiger partial charge in [0.05, 0.1) is 11.3 Å².